The zero-order chi connectivity index (χ0) is 20.5. The Hall–Kier alpha value is -2.18. The number of aromatic amines is 1. The number of rotatable bonds is 5. The number of carbonyl (C=O) groups excluding carboxylic acids is 3. The lowest BCUT2D eigenvalue weighted by molar-refractivity contribution is -0.147. The van der Waals surface area contributed by atoms with Crippen molar-refractivity contribution in [1.82, 2.24) is 10.2 Å². The first kappa shape index (κ1) is 23.8. The van der Waals surface area contributed by atoms with Crippen molar-refractivity contribution in [2.45, 2.75) is 67.2 Å². The molecule has 1 rings (SSSR count). The van der Waals surface area contributed by atoms with Crippen LogP contribution in [0.25, 0.3) is 0 Å². The number of hydrogen-bond donors (Lipinski definition) is 1. The van der Waals surface area contributed by atoms with Gasteiger partial charge >= 0.3 is 11.9 Å². The van der Waals surface area contributed by atoms with Crippen LogP contribution in [0.15, 0.2) is 6.07 Å². The molecule has 0 bridgehead atoms. The van der Waals surface area contributed by atoms with Crippen molar-refractivity contribution in [1.29, 1.82) is 0 Å². The van der Waals surface area contributed by atoms with E-state index in [9.17, 15) is 14.4 Å². The standard InChI is InChI=1S/C10H16N2O2.C9H16O3/c1-5-14-9(13)7-6-8(12-11-7)10(2,3)4;1-5-12-8(11)6-7(10)9(2,3)4/h6H,5H2,1-4H3,(H,11,12);5-6H2,1-4H3. The minimum atomic E-state index is -0.452. The molecule has 0 amide bonds. The zero-order valence-electron chi connectivity index (χ0n) is 17.2. The van der Waals surface area contributed by atoms with Crippen LogP contribution in [0.1, 0.15) is 78.0 Å². The van der Waals surface area contributed by atoms with Crippen molar-refractivity contribution in [3.05, 3.63) is 17.5 Å². The summed E-state index contributed by atoms with van der Waals surface area (Å²) in [6.07, 6.45) is -0.114. The quantitative estimate of drug-likeness (QED) is 0.631. The van der Waals surface area contributed by atoms with Crippen molar-refractivity contribution in [2.24, 2.45) is 5.41 Å². The molecule has 0 aliphatic carbocycles. The van der Waals surface area contributed by atoms with Gasteiger partial charge in [-0.2, -0.15) is 5.10 Å². The van der Waals surface area contributed by atoms with E-state index in [-0.39, 0.29) is 23.6 Å². The Labute approximate surface area is 155 Å². The lowest BCUT2D eigenvalue weighted by Crippen LogP contribution is -2.23. The third kappa shape index (κ3) is 8.78. The highest BCUT2D eigenvalue weighted by atomic mass is 16.5. The van der Waals surface area contributed by atoms with E-state index in [1.165, 1.54) is 0 Å². The summed E-state index contributed by atoms with van der Waals surface area (Å²) in [4.78, 5) is 33.4. The van der Waals surface area contributed by atoms with E-state index in [1.54, 1.807) is 40.7 Å². The van der Waals surface area contributed by atoms with Gasteiger partial charge in [0, 0.05) is 16.5 Å². The molecule has 0 spiro atoms. The number of ketones is 1. The summed E-state index contributed by atoms with van der Waals surface area (Å²) in [5, 5.41) is 6.74. The number of Topliss-reactive ketones (excluding diaryl/α,β-unsaturated/α-hetero) is 1. The number of nitrogens with zero attached hydrogens (tertiary/aromatic N) is 1. The first-order chi connectivity index (χ1) is 11.8. The Bertz CT molecular complexity index is 606. The molecule has 1 aromatic heterocycles. The monoisotopic (exact) mass is 368 g/mol. The smallest absolute Gasteiger partial charge is 0.358 e. The van der Waals surface area contributed by atoms with Crippen LogP contribution in [-0.2, 0) is 24.5 Å². The summed E-state index contributed by atoms with van der Waals surface area (Å²) < 4.78 is 9.48. The fourth-order valence-electron chi connectivity index (χ4n) is 1.62. The van der Waals surface area contributed by atoms with Gasteiger partial charge in [-0.3, -0.25) is 14.7 Å². The van der Waals surface area contributed by atoms with Crippen LogP contribution in [0.4, 0.5) is 0 Å². The van der Waals surface area contributed by atoms with E-state index >= 15 is 0 Å². The highest BCUT2D eigenvalue weighted by Gasteiger charge is 2.24. The van der Waals surface area contributed by atoms with Crippen molar-refractivity contribution in [3.8, 4) is 0 Å². The summed E-state index contributed by atoms with van der Waals surface area (Å²) in [7, 11) is 0. The molecular weight excluding hydrogens is 336 g/mol. The van der Waals surface area contributed by atoms with Crippen molar-refractivity contribution in [3.63, 3.8) is 0 Å². The third-order valence-electron chi connectivity index (χ3n) is 3.32. The second-order valence-corrected chi connectivity index (χ2v) is 7.79. The normalized spacial score (nSPS) is 11.2. The Morgan fingerprint density at radius 1 is 1.00 bits per heavy atom. The van der Waals surface area contributed by atoms with Crippen LogP contribution in [0.5, 0.6) is 0 Å². The maximum absolute atomic E-state index is 11.3. The molecule has 0 saturated heterocycles. The van der Waals surface area contributed by atoms with E-state index in [0.717, 1.165) is 5.69 Å². The number of ether oxygens (including phenoxy) is 2. The fraction of sp³-hybridized carbons (Fsp3) is 0.684. The SMILES string of the molecule is CCOC(=O)CC(=O)C(C)(C)C.CCOC(=O)c1cc(C(C)(C)C)[nH]n1. The molecule has 7 nitrogen and oxygen atoms in total. The molecule has 1 N–H and O–H groups in total. The molecule has 0 aromatic carbocycles. The molecule has 0 radical (unpaired) electrons. The number of nitrogens with one attached hydrogen (secondary N) is 1. The average Bonchev–Trinajstić information content (AvgIpc) is 2.97. The van der Waals surface area contributed by atoms with Gasteiger partial charge < -0.3 is 9.47 Å². The molecule has 26 heavy (non-hydrogen) atoms. The molecule has 0 aliphatic rings. The summed E-state index contributed by atoms with van der Waals surface area (Å²) >= 11 is 0. The molecule has 0 aliphatic heterocycles. The Morgan fingerprint density at radius 2 is 1.54 bits per heavy atom. The largest absolute Gasteiger partial charge is 0.466 e. The van der Waals surface area contributed by atoms with Crippen LogP contribution in [0.2, 0.25) is 0 Å². The molecular formula is C19H32N2O5. The minimum Gasteiger partial charge on any atom is -0.466 e. The van der Waals surface area contributed by atoms with E-state index in [4.69, 9.17) is 4.74 Å². The molecule has 0 fully saturated rings. The molecule has 1 heterocycles. The van der Waals surface area contributed by atoms with E-state index in [2.05, 4.69) is 35.7 Å². The van der Waals surface area contributed by atoms with Gasteiger partial charge in [0.05, 0.1) is 13.2 Å². The summed E-state index contributed by atoms with van der Waals surface area (Å²) in [6.45, 7) is 15.7. The van der Waals surface area contributed by atoms with E-state index in [1.807, 2.05) is 0 Å². The third-order valence-corrected chi connectivity index (χ3v) is 3.32. The molecule has 148 valence electrons. The van der Waals surface area contributed by atoms with Gasteiger partial charge in [-0.1, -0.05) is 41.5 Å². The second-order valence-electron chi connectivity index (χ2n) is 7.79. The predicted octanol–water partition coefficient (Wildman–Crippen LogP) is 3.44. The lowest BCUT2D eigenvalue weighted by atomic mass is 9.89. The first-order valence-electron chi connectivity index (χ1n) is 8.74. The predicted molar refractivity (Wildman–Crippen MR) is 99.0 cm³/mol. The number of hydrogen-bond acceptors (Lipinski definition) is 6. The van der Waals surface area contributed by atoms with Gasteiger partial charge in [0.2, 0.25) is 0 Å². The van der Waals surface area contributed by atoms with Crippen LogP contribution in [0.3, 0.4) is 0 Å². The van der Waals surface area contributed by atoms with Gasteiger partial charge in [0.25, 0.3) is 0 Å². The Balaban J connectivity index is 0.000000488. The number of aromatic nitrogens is 2. The van der Waals surface area contributed by atoms with Gasteiger partial charge in [-0.25, -0.2) is 4.79 Å². The van der Waals surface area contributed by atoms with Gasteiger partial charge in [-0.15, -0.1) is 0 Å². The van der Waals surface area contributed by atoms with Gasteiger partial charge in [0.15, 0.2) is 5.69 Å². The van der Waals surface area contributed by atoms with E-state index in [0.29, 0.717) is 18.9 Å². The Kier molecular flexibility index (Phi) is 9.24. The summed E-state index contributed by atoms with van der Waals surface area (Å²) in [5.41, 5.74) is 0.794. The van der Waals surface area contributed by atoms with Crippen LogP contribution >= 0.6 is 0 Å². The number of H-pyrrole nitrogens is 1. The number of esters is 2. The first-order valence-corrected chi connectivity index (χ1v) is 8.74. The van der Waals surface area contributed by atoms with Gasteiger partial charge in [0.1, 0.15) is 12.2 Å². The fourth-order valence-corrected chi connectivity index (χ4v) is 1.62. The number of carbonyl (C=O) groups is 3. The lowest BCUT2D eigenvalue weighted by Gasteiger charge is -2.15. The molecule has 0 unspecified atom stereocenters. The van der Waals surface area contributed by atoms with Crippen molar-refractivity contribution in [2.75, 3.05) is 13.2 Å². The zero-order valence-corrected chi connectivity index (χ0v) is 17.2. The topological polar surface area (TPSA) is 98.4 Å². The highest BCUT2D eigenvalue weighted by Crippen LogP contribution is 2.20. The van der Waals surface area contributed by atoms with Crippen molar-refractivity contribution >= 4 is 17.7 Å². The maximum Gasteiger partial charge on any atom is 0.358 e. The van der Waals surface area contributed by atoms with Crippen molar-refractivity contribution < 1.29 is 23.9 Å². The van der Waals surface area contributed by atoms with Crippen LogP contribution in [0, 0.1) is 5.41 Å². The second kappa shape index (κ2) is 10.1. The molecule has 1 aromatic rings. The summed E-state index contributed by atoms with van der Waals surface area (Å²) in [6, 6.07) is 1.73. The molecule has 7 heteroatoms. The Morgan fingerprint density at radius 3 is 1.92 bits per heavy atom. The minimum absolute atomic E-state index is 0.0300. The average molecular weight is 368 g/mol. The van der Waals surface area contributed by atoms with E-state index < -0.39 is 11.4 Å². The summed E-state index contributed by atoms with van der Waals surface area (Å²) in [5.74, 6) is -0.891. The van der Waals surface area contributed by atoms with Gasteiger partial charge in [-0.05, 0) is 19.9 Å². The maximum atomic E-state index is 11.3. The molecule has 0 atom stereocenters. The highest BCUT2D eigenvalue weighted by molar-refractivity contribution is 5.98. The molecule has 0 saturated carbocycles. The van der Waals surface area contributed by atoms with Crippen LogP contribution in [-0.4, -0.2) is 41.1 Å². The van der Waals surface area contributed by atoms with Crippen LogP contribution < -0.4 is 0 Å².